The zero-order chi connectivity index (χ0) is 10.2. The molecule has 3 heteroatoms. The minimum absolute atomic E-state index is 0.104. The lowest BCUT2D eigenvalue weighted by molar-refractivity contribution is -0.139. The van der Waals surface area contributed by atoms with E-state index >= 15 is 0 Å². The molecule has 0 radical (unpaired) electrons. The minimum Gasteiger partial charge on any atom is -0.481 e. The predicted molar refractivity (Wildman–Crippen MR) is 48.2 cm³/mol. The Hall–Kier alpha value is -1.12. The van der Waals surface area contributed by atoms with Gasteiger partial charge in [0.05, 0.1) is 5.92 Å². The molecule has 0 bridgehead atoms. The summed E-state index contributed by atoms with van der Waals surface area (Å²) < 4.78 is 0. The third-order valence-electron chi connectivity index (χ3n) is 2.92. The summed E-state index contributed by atoms with van der Waals surface area (Å²) in [5.41, 5.74) is 0.339. The predicted octanol–water partition coefficient (Wildman–Crippen LogP) is 1.49. The van der Waals surface area contributed by atoms with Gasteiger partial charge >= 0.3 is 5.97 Å². The summed E-state index contributed by atoms with van der Waals surface area (Å²) in [6.45, 7) is 5.52. The molecule has 0 saturated heterocycles. The molecule has 1 N–H and O–H groups in total. The molecule has 1 aliphatic carbocycles. The van der Waals surface area contributed by atoms with Crippen molar-refractivity contribution in [2.75, 3.05) is 0 Å². The summed E-state index contributed by atoms with van der Waals surface area (Å²) in [6.07, 6.45) is 2.46. The molecule has 0 aromatic rings. The number of allylic oxidation sites excluding steroid dienone is 2. The van der Waals surface area contributed by atoms with Crippen molar-refractivity contribution in [3.05, 3.63) is 11.6 Å². The van der Waals surface area contributed by atoms with E-state index in [-0.39, 0.29) is 11.3 Å². The molecule has 72 valence electrons. The van der Waals surface area contributed by atoms with Gasteiger partial charge in [-0.3, -0.25) is 9.59 Å². The molecule has 1 saturated carbocycles. The van der Waals surface area contributed by atoms with Gasteiger partial charge in [-0.25, -0.2) is 0 Å². The van der Waals surface area contributed by atoms with Crippen LogP contribution in [0.4, 0.5) is 0 Å². The van der Waals surface area contributed by atoms with Crippen molar-refractivity contribution in [1.82, 2.24) is 0 Å². The number of hydrogen-bond donors (Lipinski definition) is 1. The summed E-state index contributed by atoms with van der Waals surface area (Å²) in [5, 5.41) is 8.86. The summed E-state index contributed by atoms with van der Waals surface area (Å²) in [5.74, 6) is -1.31. The highest BCUT2D eigenvalue weighted by molar-refractivity contribution is 5.83. The number of hydrogen-bond acceptors (Lipinski definition) is 2. The van der Waals surface area contributed by atoms with Crippen molar-refractivity contribution in [1.29, 1.82) is 0 Å². The Morgan fingerprint density at radius 2 is 1.92 bits per heavy atom. The first-order valence-electron chi connectivity index (χ1n) is 4.31. The molecule has 1 rings (SSSR count). The Bertz CT molecular complexity index is 276. The molecule has 0 aromatic carbocycles. The molecule has 0 aliphatic heterocycles. The normalized spacial score (nSPS) is 31.2. The average Bonchev–Trinajstić information content (AvgIpc) is 2.57. The SMILES string of the molecule is C/C=C(/C=O)C1C(C(=O)O)C1(C)C. The summed E-state index contributed by atoms with van der Waals surface area (Å²) >= 11 is 0. The van der Waals surface area contributed by atoms with E-state index in [1.54, 1.807) is 13.0 Å². The first-order chi connectivity index (χ1) is 5.96. The van der Waals surface area contributed by atoms with E-state index in [1.807, 2.05) is 13.8 Å². The summed E-state index contributed by atoms with van der Waals surface area (Å²) in [6, 6.07) is 0. The number of carbonyl (C=O) groups is 2. The molecule has 3 nitrogen and oxygen atoms in total. The van der Waals surface area contributed by atoms with Crippen molar-refractivity contribution in [3.8, 4) is 0 Å². The molecule has 2 atom stereocenters. The molecule has 0 aromatic heterocycles. The van der Waals surface area contributed by atoms with E-state index in [2.05, 4.69) is 0 Å². The summed E-state index contributed by atoms with van der Waals surface area (Å²) in [7, 11) is 0. The second-order valence-corrected chi connectivity index (χ2v) is 4.02. The maximum atomic E-state index is 10.8. The van der Waals surface area contributed by atoms with Crippen molar-refractivity contribution in [2.45, 2.75) is 20.8 Å². The molecule has 0 heterocycles. The van der Waals surface area contributed by atoms with E-state index in [1.165, 1.54) is 0 Å². The fourth-order valence-corrected chi connectivity index (χ4v) is 2.04. The van der Waals surface area contributed by atoms with Crippen LogP contribution in [0.15, 0.2) is 11.6 Å². The van der Waals surface area contributed by atoms with Crippen LogP contribution in [0, 0.1) is 17.3 Å². The first-order valence-corrected chi connectivity index (χ1v) is 4.31. The highest BCUT2D eigenvalue weighted by atomic mass is 16.4. The smallest absolute Gasteiger partial charge is 0.307 e. The van der Waals surface area contributed by atoms with E-state index < -0.39 is 11.9 Å². The van der Waals surface area contributed by atoms with Crippen molar-refractivity contribution in [2.24, 2.45) is 17.3 Å². The largest absolute Gasteiger partial charge is 0.481 e. The highest BCUT2D eigenvalue weighted by Crippen LogP contribution is 2.61. The van der Waals surface area contributed by atoms with Crippen LogP contribution >= 0.6 is 0 Å². The van der Waals surface area contributed by atoms with Crippen LogP contribution in [0.3, 0.4) is 0 Å². The maximum Gasteiger partial charge on any atom is 0.307 e. The fourth-order valence-electron chi connectivity index (χ4n) is 2.04. The second kappa shape index (κ2) is 2.98. The minimum atomic E-state index is -0.809. The Kier molecular flexibility index (Phi) is 2.28. The monoisotopic (exact) mass is 182 g/mol. The molecule has 0 amide bonds. The lowest BCUT2D eigenvalue weighted by Gasteiger charge is -1.99. The van der Waals surface area contributed by atoms with E-state index in [0.717, 1.165) is 6.29 Å². The molecule has 1 aliphatic rings. The van der Waals surface area contributed by atoms with Crippen LogP contribution < -0.4 is 0 Å². The molecule has 2 unspecified atom stereocenters. The number of aliphatic carboxylic acids is 1. The number of carboxylic acids is 1. The van der Waals surface area contributed by atoms with Crippen LogP contribution in [-0.4, -0.2) is 17.4 Å². The molecule has 1 fully saturated rings. The van der Waals surface area contributed by atoms with E-state index in [4.69, 9.17) is 5.11 Å². The van der Waals surface area contributed by atoms with Gasteiger partial charge in [-0.15, -0.1) is 0 Å². The van der Waals surface area contributed by atoms with Gasteiger partial charge in [0.2, 0.25) is 0 Å². The quantitative estimate of drug-likeness (QED) is 0.531. The fraction of sp³-hybridized carbons (Fsp3) is 0.600. The Balaban J connectivity index is 2.87. The number of rotatable bonds is 3. The number of aldehydes is 1. The van der Waals surface area contributed by atoms with Gasteiger partial charge in [0, 0.05) is 5.92 Å². The van der Waals surface area contributed by atoms with Crippen LogP contribution in [-0.2, 0) is 9.59 Å². The van der Waals surface area contributed by atoms with Gasteiger partial charge < -0.3 is 5.11 Å². The third kappa shape index (κ3) is 1.39. The van der Waals surface area contributed by atoms with Crippen molar-refractivity contribution < 1.29 is 14.7 Å². The third-order valence-corrected chi connectivity index (χ3v) is 2.92. The molecular weight excluding hydrogens is 168 g/mol. The topological polar surface area (TPSA) is 54.4 Å². The zero-order valence-corrected chi connectivity index (χ0v) is 8.07. The Morgan fingerprint density at radius 1 is 1.38 bits per heavy atom. The van der Waals surface area contributed by atoms with Gasteiger partial charge in [0.25, 0.3) is 0 Å². The lowest BCUT2D eigenvalue weighted by Crippen LogP contribution is -2.03. The van der Waals surface area contributed by atoms with Gasteiger partial charge in [-0.2, -0.15) is 0 Å². The van der Waals surface area contributed by atoms with Crippen LogP contribution in [0.25, 0.3) is 0 Å². The molecular formula is C10H14O3. The second-order valence-electron chi connectivity index (χ2n) is 4.02. The van der Waals surface area contributed by atoms with Gasteiger partial charge in [0.1, 0.15) is 6.29 Å². The highest BCUT2D eigenvalue weighted by Gasteiger charge is 2.63. The van der Waals surface area contributed by atoms with Gasteiger partial charge in [-0.05, 0) is 17.9 Å². The Morgan fingerprint density at radius 3 is 2.15 bits per heavy atom. The first kappa shape index (κ1) is 9.96. The van der Waals surface area contributed by atoms with E-state index in [9.17, 15) is 9.59 Å². The van der Waals surface area contributed by atoms with E-state index in [0.29, 0.717) is 5.57 Å². The van der Waals surface area contributed by atoms with Crippen molar-refractivity contribution in [3.63, 3.8) is 0 Å². The maximum absolute atomic E-state index is 10.8. The van der Waals surface area contributed by atoms with Crippen LogP contribution in [0.5, 0.6) is 0 Å². The van der Waals surface area contributed by atoms with Crippen molar-refractivity contribution >= 4 is 12.3 Å². The zero-order valence-electron chi connectivity index (χ0n) is 8.07. The average molecular weight is 182 g/mol. The van der Waals surface area contributed by atoms with Gasteiger partial charge in [-0.1, -0.05) is 19.9 Å². The molecule has 13 heavy (non-hydrogen) atoms. The van der Waals surface area contributed by atoms with Gasteiger partial charge in [0.15, 0.2) is 0 Å². The number of carbonyl (C=O) groups excluding carboxylic acids is 1. The Labute approximate surface area is 77.4 Å². The van der Waals surface area contributed by atoms with Crippen LogP contribution in [0.1, 0.15) is 20.8 Å². The number of carboxylic acid groups (broad SMARTS) is 1. The molecule has 0 spiro atoms. The van der Waals surface area contributed by atoms with Crippen LogP contribution in [0.2, 0.25) is 0 Å². The lowest BCUT2D eigenvalue weighted by atomic mass is 10.0. The standard InChI is InChI=1S/C10H14O3/c1-4-6(5-11)7-8(9(12)13)10(7,2)3/h4-5,7-8H,1-3H3,(H,12,13)/b6-4-. The summed E-state index contributed by atoms with van der Waals surface area (Å²) in [4.78, 5) is 21.4.